The number of carbonyl (C=O) groups excluding carboxylic acids is 1. The highest BCUT2D eigenvalue weighted by molar-refractivity contribution is 14.1. The van der Waals surface area contributed by atoms with Gasteiger partial charge in [-0.05, 0) is 40.3 Å². The quantitative estimate of drug-likeness (QED) is 0.769. The lowest BCUT2D eigenvalue weighted by molar-refractivity contribution is 0.0992. The second-order valence-electron chi connectivity index (χ2n) is 4.35. The van der Waals surface area contributed by atoms with E-state index in [1.165, 1.54) is 13.1 Å². The van der Waals surface area contributed by atoms with Crippen LogP contribution in [0.3, 0.4) is 0 Å². The maximum Gasteiger partial charge on any atom is 0.285 e. The molecule has 8 heteroatoms. The van der Waals surface area contributed by atoms with E-state index in [9.17, 15) is 14.0 Å². The van der Waals surface area contributed by atoms with Gasteiger partial charge < -0.3 is 5.73 Å². The van der Waals surface area contributed by atoms with Gasteiger partial charge in [0.2, 0.25) is 0 Å². The summed E-state index contributed by atoms with van der Waals surface area (Å²) in [6, 6.07) is 4.63. The Bertz CT molecular complexity index is 792. The smallest absolute Gasteiger partial charge is 0.285 e. The number of aryl methyl sites for hydroxylation is 1. The summed E-state index contributed by atoms with van der Waals surface area (Å²) in [6.07, 6.45) is -0.0388. The van der Waals surface area contributed by atoms with Gasteiger partial charge in [-0.15, -0.1) is 0 Å². The Morgan fingerprint density at radius 1 is 1.52 bits per heavy atom. The monoisotopic (exact) mass is 421 g/mol. The first-order valence-corrected chi connectivity index (χ1v) is 7.26. The van der Waals surface area contributed by atoms with E-state index >= 15 is 0 Å². The van der Waals surface area contributed by atoms with Crippen LogP contribution >= 0.6 is 34.2 Å². The number of halogens is 3. The van der Waals surface area contributed by atoms with E-state index in [0.717, 1.165) is 8.25 Å². The van der Waals surface area contributed by atoms with Crippen molar-refractivity contribution < 1.29 is 9.18 Å². The summed E-state index contributed by atoms with van der Waals surface area (Å²) >= 11 is 7.96. The van der Waals surface area contributed by atoms with Gasteiger partial charge in [-0.1, -0.05) is 17.7 Å². The van der Waals surface area contributed by atoms with E-state index in [1.54, 1.807) is 12.1 Å². The Balaban J connectivity index is 2.60. The molecule has 0 aliphatic carbocycles. The fraction of sp³-hybridized carbons (Fsp3) is 0.154. The van der Waals surface area contributed by atoms with Gasteiger partial charge in [0.15, 0.2) is 5.69 Å². The fourth-order valence-corrected chi connectivity index (χ4v) is 2.58. The minimum Gasteiger partial charge on any atom is -0.364 e. The van der Waals surface area contributed by atoms with Gasteiger partial charge in [0.25, 0.3) is 11.5 Å². The second-order valence-corrected chi connectivity index (χ2v) is 5.97. The first-order valence-electron chi connectivity index (χ1n) is 5.80. The van der Waals surface area contributed by atoms with Crippen molar-refractivity contribution in [2.24, 2.45) is 12.8 Å². The van der Waals surface area contributed by atoms with Crippen LogP contribution in [0.4, 0.5) is 4.39 Å². The van der Waals surface area contributed by atoms with E-state index in [4.69, 9.17) is 17.3 Å². The van der Waals surface area contributed by atoms with Crippen molar-refractivity contribution in [3.05, 3.63) is 59.8 Å². The van der Waals surface area contributed by atoms with Gasteiger partial charge in [0, 0.05) is 22.6 Å². The van der Waals surface area contributed by atoms with E-state index in [0.29, 0.717) is 5.56 Å². The van der Waals surface area contributed by atoms with Crippen molar-refractivity contribution in [2.75, 3.05) is 0 Å². The lowest BCUT2D eigenvalue weighted by Gasteiger charge is -2.10. The van der Waals surface area contributed by atoms with Crippen molar-refractivity contribution in [3.63, 3.8) is 0 Å². The molecular formula is C13H10ClFIN3O2. The van der Waals surface area contributed by atoms with Crippen LogP contribution in [-0.2, 0) is 13.5 Å². The van der Waals surface area contributed by atoms with Crippen LogP contribution < -0.4 is 11.3 Å². The molecule has 0 saturated carbocycles. The number of amides is 1. The molecule has 0 bridgehead atoms. The van der Waals surface area contributed by atoms with Gasteiger partial charge in [0.05, 0.1) is 0 Å². The summed E-state index contributed by atoms with van der Waals surface area (Å²) < 4.78 is 15.6. The minimum atomic E-state index is -0.826. The minimum absolute atomic E-state index is 0.0388. The molecule has 2 aromatic rings. The molecule has 1 aromatic carbocycles. The van der Waals surface area contributed by atoms with Gasteiger partial charge in [-0.25, -0.2) is 9.07 Å². The first kappa shape index (κ1) is 15.9. The molecule has 0 saturated heterocycles. The molecule has 0 aliphatic heterocycles. The molecule has 5 nitrogen and oxygen atoms in total. The van der Waals surface area contributed by atoms with Gasteiger partial charge >= 0.3 is 0 Å². The van der Waals surface area contributed by atoms with Crippen LogP contribution in [0.5, 0.6) is 0 Å². The molecule has 0 unspecified atom stereocenters. The second kappa shape index (κ2) is 6.10. The molecule has 0 radical (unpaired) electrons. The zero-order valence-electron chi connectivity index (χ0n) is 10.9. The number of benzene rings is 1. The van der Waals surface area contributed by atoms with Gasteiger partial charge in [-0.2, -0.15) is 5.10 Å². The Hall–Kier alpha value is -1.48. The first-order chi connectivity index (χ1) is 9.81. The Morgan fingerprint density at radius 2 is 2.19 bits per heavy atom. The van der Waals surface area contributed by atoms with Crippen LogP contribution in [0.1, 0.15) is 21.6 Å². The lowest BCUT2D eigenvalue weighted by Crippen LogP contribution is -2.28. The average Bonchev–Trinajstić information content (AvgIpc) is 2.41. The third kappa shape index (κ3) is 3.24. The molecule has 1 amide bonds. The van der Waals surface area contributed by atoms with E-state index in [1.807, 2.05) is 22.6 Å². The van der Waals surface area contributed by atoms with Crippen LogP contribution in [0.25, 0.3) is 0 Å². The van der Waals surface area contributed by atoms with Crippen LogP contribution in [0, 0.1) is 9.39 Å². The number of nitrogens with two attached hydrogens (primary N) is 1. The number of aromatic nitrogens is 2. The predicted molar refractivity (Wildman–Crippen MR) is 84.9 cm³/mol. The topological polar surface area (TPSA) is 78.0 Å². The maximum atomic E-state index is 13.9. The fourth-order valence-electron chi connectivity index (χ4n) is 1.85. The molecule has 0 atom stereocenters. The van der Waals surface area contributed by atoms with Crippen molar-refractivity contribution >= 4 is 40.1 Å². The summed E-state index contributed by atoms with van der Waals surface area (Å²) in [5, 5.41) is 3.62. The van der Waals surface area contributed by atoms with E-state index < -0.39 is 17.3 Å². The highest BCUT2D eigenvalue weighted by Gasteiger charge is 2.20. The number of carbonyl (C=O) groups is 1. The third-order valence-electron chi connectivity index (χ3n) is 2.90. The predicted octanol–water partition coefficient (Wildman–Crippen LogP) is 1.87. The van der Waals surface area contributed by atoms with Crippen LogP contribution in [0.2, 0.25) is 5.02 Å². The SMILES string of the molecule is Cn1nc(C(N)=O)c(Cc2ccc(I)cc2F)c(Cl)c1=O. The van der Waals surface area contributed by atoms with Crippen molar-refractivity contribution in [2.45, 2.75) is 6.42 Å². The maximum absolute atomic E-state index is 13.9. The molecule has 0 aliphatic rings. The summed E-state index contributed by atoms with van der Waals surface area (Å²) in [4.78, 5) is 23.3. The van der Waals surface area contributed by atoms with Crippen molar-refractivity contribution in [3.8, 4) is 0 Å². The molecule has 2 rings (SSSR count). The molecule has 0 spiro atoms. The number of nitrogens with zero attached hydrogens (tertiary/aromatic N) is 2. The molecule has 2 N–H and O–H groups in total. The lowest BCUT2D eigenvalue weighted by atomic mass is 10.0. The highest BCUT2D eigenvalue weighted by atomic mass is 127. The van der Waals surface area contributed by atoms with Crippen molar-refractivity contribution in [1.29, 1.82) is 0 Å². The molecule has 110 valence electrons. The zero-order chi connectivity index (χ0) is 15.7. The molecular weight excluding hydrogens is 412 g/mol. The van der Waals surface area contributed by atoms with Gasteiger partial charge in [-0.3, -0.25) is 9.59 Å². The van der Waals surface area contributed by atoms with Crippen LogP contribution in [-0.4, -0.2) is 15.7 Å². The average molecular weight is 422 g/mol. The summed E-state index contributed by atoms with van der Waals surface area (Å²) in [5.74, 6) is -1.28. The standard InChI is InChI=1S/C13H10ClFIN3O2/c1-19-13(21)10(14)8(11(18-19)12(17)20)4-6-2-3-7(16)5-9(6)15/h2-3,5H,4H2,1H3,(H2,17,20). The molecule has 1 heterocycles. The third-order valence-corrected chi connectivity index (χ3v) is 3.96. The van der Waals surface area contributed by atoms with Crippen LogP contribution in [0.15, 0.2) is 23.0 Å². The summed E-state index contributed by atoms with van der Waals surface area (Å²) in [7, 11) is 1.36. The van der Waals surface area contributed by atoms with Gasteiger partial charge in [0.1, 0.15) is 10.8 Å². The largest absolute Gasteiger partial charge is 0.364 e. The number of rotatable bonds is 3. The highest BCUT2D eigenvalue weighted by Crippen LogP contribution is 2.21. The van der Waals surface area contributed by atoms with Crippen molar-refractivity contribution in [1.82, 2.24) is 9.78 Å². The molecule has 1 aromatic heterocycles. The number of hydrogen-bond donors (Lipinski definition) is 1. The molecule has 21 heavy (non-hydrogen) atoms. The molecule has 0 fully saturated rings. The Morgan fingerprint density at radius 3 is 2.76 bits per heavy atom. The number of primary amides is 1. The Kier molecular flexibility index (Phi) is 4.62. The van der Waals surface area contributed by atoms with E-state index in [-0.39, 0.29) is 22.7 Å². The summed E-state index contributed by atoms with van der Waals surface area (Å²) in [5.41, 5.74) is 4.97. The number of hydrogen-bond acceptors (Lipinski definition) is 3. The normalized spacial score (nSPS) is 10.7. The Labute approximate surface area is 138 Å². The summed E-state index contributed by atoms with van der Waals surface area (Å²) in [6.45, 7) is 0. The van der Waals surface area contributed by atoms with E-state index in [2.05, 4.69) is 5.10 Å². The zero-order valence-corrected chi connectivity index (χ0v) is 13.8.